The number of hydrogen-bond donors (Lipinski definition) is 0. The topological polar surface area (TPSA) is 38.9 Å². The van der Waals surface area contributed by atoms with Crippen LogP contribution in [0.1, 0.15) is 0 Å². The lowest BCUT2D eigenvalue weighted by molar-refractivity contribution is 0.626. The molecule has 0 spiro atoms. The Balaban J connectivity index is 2.23. The predicted octanol–water partition coefficient (Wildman–Crippen LogP) is 3.49. The number of rotatable bonds is 1. The lowest BCUT2D eigenvalue weighted by Gasteiger charge is -1.93. The Morgan fingerprint density at radius 1 is 1.19 bits per heavy atom. The monoisotopic (exact) mass is 322 g/mol. The third kappa shape index (κ3) is 1.59. The van der Waals surface area contributed by atoms with Crippen molar-refractivity contribution >= 4 is 33.6 Å². The molecule has 0 aliphatic heterocycles. The molecule has 0 amide bonds. The molecule has 4 heteroatoms. The quantitative estimate of drug-likeness (QED) is 0.644. The first-order valence-corrected chi connectivity index (χ1v) is 5.87. The molecule has 0 atom stereocenters. The lowest BCUT2D eigenvalue weighted by Crippen LogP contribution is -1.76. The van der Waals surface area contributed by atoms with E-state index in [0.717, 1.165) is 26.0 Å². The highest BCUT2D eigenvalue weighted by Gasteiger charge is 2.09. The molecule has 0 saturated carbocycles. The van der Waals surface area contributed by atoms with Gasteiger partial charge in [0, 0.05) is 24.0 Å². The zero-order valence-corrected chi connectivity index (χ0v) is 10.4. The fourth-order valence-electron chi connectivity index (χ4n) is 1.56. The van der Waals surface area contributed by atoms with Crippen molar-refractivity contribution in [2.24, 2.45) is 0 Å². The number of aromatic nitrogens is 2. The smallest absolute Gasteiger partial charge is 0.153 e. The fourth-order valence-corrected chi connectivity index (χ4v) is 2.15. The zero-order chi connectivity index (χ0) is 11.0. The maximum absolute atomic E-state index is 5.77. The SMILES string of the molecule is Ic1cncc2cc(-c3ccccn3)oc12. The van der Waals surface area contributed by atoms with E-state index in [2.05, 4.69) is 32.6 Å². The predicted molar refractivity (Wildman–Crippen MR) is 70.0 cm³/mol. The Hall–Kier alpha value is -1.43. The molecular formula is C12H7IN2O. The average molecular weight is 322 g/mol. The van der Waals surface area contributed by atoms with Gasteiger partial charge >= 0.3 is 0 Å². The van der Waals surface area contributed by atoms with Crippen LogP contribution in [0.5, 0.6) is 0 Å². The highest BCUT2D eigenvalue weighted by Crippen LogP contribution is 2.28. The number of halogens is 1. The van der Waals surface area contributed by atoms with E-state index in [9.17, 15) is 0 Å². The molecule has 0 N–H and O–H groups in total. The summed E-state index contributed by atoms with van der Waals surface area (Å²) < 4.78 is 6.79. The first kappa shape index (κ1) is 9.77. The molecule has 0 unspecified atom stereocenters. The van der Waals surface area contributed by atoms with E-state index in [1.54, 1.807) is 18.6 Å². The van der Waals surface area contributed by atoms with E-state index in [0.29, 0.717) is 0 Å². The molecule has 0 saturated heterocycles. The number of nitrogens with zero attached hydrogens (tertiary/aromatic N) is 2. The van der Waals surface area contributed by atoms with E-state index in [-0.39, 0.29) is 0 Å². The van der Waals surface area contributed by atoms with E-state index < -0.39 is 0 Å². The Labute approximate surface area is 106 Å². The number of pyridine rings is 2. The maximum Gasteiger partial charge on any atom is 0.153 e. The number of hydrogen-bond acceptors (Lipinski definition) is 3. The Kier molecular flexibility index (Phi) is 2.36. The summed E-state index contributed by atoms with van der Waals surface area (Å²) in [5.41, 5.74) is 1.71. The number of furan rings is 1. The van der Waals surface area contributed by atoms with Crippen LogP contribution >= 0.6 is 22.6 Å². The highest BCUT2D eigenvalue weighted by atomic mass is 127. The third-order valence-corrected chi connectivity index (χ3v) is 3.06. The van der Waals surface area contributed by atoms with Crippen LogP contribution in [-0.2, 0) is 0 Å². The van der Waals surface area contributed by atoms with E-state index in [1.165, 1.54) is 0 Å². The van der Waals surface area contributed by atoms with Gasteiger partial charge in [0.05, 0.1) is 3.57 Å². The van der Waals surface area contributed by atoms with Crippen LogP contribution in [0.2, 0.25) is 0 Å². The fraction of sp³-hybridized carbons (Fsp3) is 0. The van der Waals surface area contributed by atoms with E-state index >= 15 is 0 Å². The number of fused-ring (bicyclic) bond motifs is 1. The zero-order valence-electron chi connectivity index (χ0n) is 8.22. The summed E-state index contributed by atoms with van der Waals surface area (Å²) in [7, 11) is 0. The van der Waals surface area contributed by atoms with Gasteiger partial charge in [-0.1, -0.05) is 6.07 Å². The molecule has 0 aromatic carbocycles. The lowest BCUT2D eigenvalue weighted by atomic mass is 10.2. The molecule has 3 aromatic rings. The molecule has 3 nitrogen and oxygen atoms in total. The van der Waals surface area contributed by atoms with Gasteiger partial charge in [0.1, 0.15) is 5.69 Å². The second kappa shape index (κ2) is 3.86. The minimum absolute atomic E-state index is 0.779. The van der Waals surface area contributed by atoms with Crippen molar-refractivity contribution in [3.05, 3.63) is 46.4 Å². The molecule has 78 valence electrons. The van der Waals surface area contributed by atoms with Gasteiger partial charge in [0.25, 0.3) is 0 Å². The summed E-state index contributed by atoms with van der Waals surface area (Å²) >= 11 is 2.21. The summed E-state index contributed by atoms with van der Waals surface area (Å²) in [6.45, 7) is 0. The van der Waals surface area contributed by atoms with Gasteiger partial charge in [-0.05, 0) is 40.8 Å². The van der Waals surface area contributed by atoms with Crippen LogP contribution in [0, 0.1) is 3.57 Å². The molecule has 0 fully saturated rings. The second-order valence-electron chi connectivity index (χ2n) is 3.37. The molecule has 3 rings (SSSR count). The molecule has 3 aromatic heterocycles. The van der Waals surface area contributed by atoms with Gasteiger partial charge in [0.2, 0.25) is 0 Å². The van der Waals surface area contributed by atoms with Crippen LogP contribution in [0.25, 0.3) is 22.4 Å². The van der Waals surface area contributed by atoms with Crippen molar-refractivity contribution < 1.29 is 4.42 Å². The normalized spacial score (nSPS) is 10.8. The average Bonchev–Trinajstić information content (AvgIpc) is 2.76. The first-order chi connectivity index (χ1) is 7.84. The van der Waals surface area contributed by atoms with Crippen molar-refractivity contribution in [3.63, 3.8) is 0 Å². The van der Waals surface area contributed by atoms with Crippen LogP contribution in [0.4, 0.5) is 0 Å². The van der Waals surface area contributed by atoms with Crippen molar-refractivity contribution in [2.45, 2.75) is 0 Å². The molecule has 0 aliphatic carbocycles. The van der Waals surface area contributed by atoms with Gasteiger partial charge in [-0.3, -0.25) is 9.97 Å². The van der Waals surface area contributed by atoms with Gasteiger partial charge in [-0.15, -0.1) is 0 Å². The van der Waals surface area contributed by atoms with Crippen molar-refractivity contribution in [1.29, 1.82) is 0 Å². The van der Waals surface area contributed by atoms with Crippen LogP contribution in [0.15, 0.2) is 47.3 Å². The minimum Gasteiger partial charge on any atom is -0.453 e. The van der Waals surface area contributed by atoms with Crippen molar-refractivity contribution in [3.8, 4) is 11.5 Å². The van der Waals surface area contributed by atoms with Gasteiger partial charge in [-0.25, -0.2) is 0 Å². The molecule has 16 heavy (non-hydrogen) atoms. The minimum atomic E-state index is 0.779. The molecule has 0 aliphatic rings. The van der Waals surface area contributed by atoms with Crippen LogP contribution < -0.4 is 0 Å². The summed E-state index contributed by atoms with van der Waals surface area (Å²) in [5, 5.41) is 1.01. The molecule has 0 bridgehead atoms. The van der Waals surface area contributed by atoms with Crippen molar-refractivity contribution in [1.82, 2.24) is 9.97 Å². The van der Waals surface area contributed by atoms with Crippen LogP contribution in [-0.4, -0.2) is 9.97 Å². The summed E-state index contributed by atoms with van der Waals surface area (Å²) in [6.07, 6.45) is 5.34. The molecule has 0 radical (unpaired) electrons. The van der Waals surface area contributed by atoms with Crippen LogP contribution in [0.3, 0.4) is 0 Å². The summed E-state index contributed by atoms with van der Waals surface area (Å²) in [6, 6.07) is 7.72. The van der Waals surface area contributed by atoms with Gasteiger partial charge < -0.3 is 4.42 Å². The molecule has 3 heterocycles. The van der Waals surface area contributed by atoms with E-state index in [4.69, 9.17) is 4.42 Å². The first-order valence-electron chi connectivity index (χ1n) is 4.79. The standard InChI is InChI=1S/C12H7IN2O/c13-9-7-14-6-8-5-11(16-12(8)9)10-3-1-2-4-15-10/h1-7H. The van der Waals surface area contributed by atoms with Crippen molar-refractivity contribution in [2.75, 3.05) is 0 Å². The highest BCUT2D eigenvalue weighted by molar-refractivity contribution is 14.1. The van der Waals surface area contributed by atoms with Gasteiger partial charge in [-0.2, -0.15) is 0 Å². The largest absolute Gasteiger partial charge is 0.453 e. The van der Waals surface area contributed by atoms with Gasteiger partial charge in [0.15, 0.2) is 11.3 Å². The summed E-state index contributed by atoms with van der Waals surface area (Å²) in [5.74, 6) is 0.779. The Morgan fingerprint density at radius 3 is 2.88 bits per heavy atom. The third-order valence-electron chi connectivity index (χ3n) is 2.30. The molecular weight excluding hydrogens is 315 g/mol. The Morgan fingerprint density at radius 2 is 2.12 bits per heavy atom. The van der Waals surface area contributed by atoms with E-state index in [1.807, 2.05) is 24.3 Å². The maximum atomic E-state index is 5.77. The Bertz CT molecular complexity index is 634. The summed E-state index contributed by atoms with van der Waals surface area (Å²) in [4.78, 5) is 8.39. The second-order valence-corrected chi connectivity index (χ2v) is 4.53.